The quantitative estimate of drug-likeness (QED) is 0.324. The van der Waals surface area contributed by atoms with Crippen LogP contribution >= 0.6 is 22.9 Å². The SMILES string of the molecule is Cc1cnc(-c2ccnc(C(C)(C)O)n2)cc1-n1c(C)cc([C@@H]2C[C@H]2c2cnc(C(F)(F)F)s2)c(Cl)c1=O. The largest absolute Gasteiger partial charge is 0.443 e. The number of hydrogen-bond donors (Lipinski definition) is 1. The minimum Gasteiger partial charge on any atom is -0.382 e. The summed E-state index contributed by atoms with van der Waals surface area (Å²) >= 11 is 7.21. The normalized spacial score (nSPS) is 17.6. The van der Waals surface area contributed by atoms with E-state index in [-0.39, 0.29) is 22.7 Å². The molecule has 0 amide bonds. The zero-order valence-electron chi connectivity index (χ0n) is 20.8. The molecule has 2 atom stereocenters. The Kier molecular flexibility index (Phi) is 6.44. The highest BCUT2D eigenvalue weighted by Gasteiger charge is 2.44. The van der Waals surface area contributed by atoms with Crippen molar-refractivity contribution in [3.63, 3.8) is 0 Å². The van der Waals surface area contributed by atoms with Crippen LogP contribution in [0.3, 0.4) is 0 Å². The second-order valence-corrected chi connectivity index (χ2v) is 11.3. The van der Waals surface area contributed by atoms with Gasteiger partial charge in [-0.1, -0.05) is 11.6 Å². The summed E-state index contributed by atoms with van der Waals surface area (Å²) < 4.78 is 40.4. The maximum absolute atomic E-state index is 13.5. The predicted octanol–water partition coefficient (Wildman–Crippen LogP) is 5.93. The van der Waals surface area contributed by atoms with E-state index < -0.39 is 22.3 Å². The highest BCUT2D eigenvalue weighted by molar-refractivity contribution is 7.11. The van der Waals surface area contributed by atoms with Crippen LogP contribution in [0.4, 0.5) is 13.2 Å². The van der Waals surface area contributed by atoms with Crippen molar-refractivity contribution >= 4 is 22.9 Å². The molecule has 12 heteroatoms. The Morgan fingerprint density at radius 2 is 1.82 bits per heavy atom. The highest BCUT2D eigenvalue weighted by Crippen LogP contribution is 2.57. The fraction of sp³-hybridized carbons (Fsp3) is 0.346. The average Bonchev–Trinajstić information content (AvgIpc) is 3.46. The summed E-state index contributed by atoms with van der Waals surface area (Å²) in [6.45, 7) is 6.77. The molecule has 1 N–H and O–H groups in total. The van der Waals surface area contributed by atoms with E-state index in [1.807, 2.05) is 13.0 Å². The maximum atomic E-state index is 13.5. The second-order valence-electron chi connectivity index (χ2n) is 9.89. The molecule has 1 aliphatic carbocycles. The predicted molar refractivity (Wildman–Crippen MR) is 138 cm³/mol. The minimum atomic E-state index is -4.48. The molecule has 1 aliphatic rings. The van der Waals surface area contributed by atoms with E-state index in [0.29, 0.717) is 51.0 Å². The van der Waals surface area contributed by atoms with E-state index in [4.69, 9.17) is 11.6 Å². The lowest BCUT2D eigenvalue weighted by Gasteiger charge is -2.17. The van der Waals surface area contributed by atoms with Crippen LogP contribution in [0, 0.1) is 13.8 Å². The maximum Gasteiger partial charge on any atom is 0.443 e. The van der Waals surface area contributed by atoms with E-state index in [1.54, 1.807) is 39.1 Å². The van der Waals surface area contributed by atoms with Crippen LogP contribution in [0.5, 0.6) is 0 Å². The second kappa shape index (κ2) is 9.25. The third kappa shape index (κ3) is 4.85. The molecule has 0 aromatic carbocycles. The van der Waals surface area contributed by atoms with Crippen LogP contribution in [0.2, 0.25) is 5.02 Å². The lowest BCUT2D eigenvalue weighted by Crippen LogP contribution is -2.23. The summed E-state index contributed by atoms with van der Waals surface area (Å²) in [6.07, 6.45) is 0.539. The van der Waals surface area contributed by atoms with Crippen LogP contribution in [0.25, 0.3) is 17.1 Å². The molecule has 4 aromatic heterocycles. The van der Waals surface area contributed by atoms with E-state index >= 15 is 0 Å². The molecule has 1 fully saturated rings. The molecule has 0 saturated heterocycles. The van der Waals surface area contributed by atoms with Gasteiger partial charge in [-0.15, -0.1) is 11.3 Å². The fourth-order valence-corrected chi connectivity index (χ4v) is 5.68. The van der Waals surface area contributed by atoms with Gasteiger partial charge >= 0.3 is 6.18 Å². The number of aryl methyl sites for hydroxylation is 2. The van der Waals surface area contributed by atoms with Crippen molar-refractivity contribution in [1.29, 1.82) is 0 Å². The third-order valence-corrected chi connectivity index (χ3v) is 8.02. The molecule has 5 rings (SSSR count). The Labute approximate surface area is 225 Å². The summed E-state index contributed by atoms with van der Waals surface area (Å²) in [6, 6.07) is 5.21. The first-order chi connectivity index (χ1) is 17.8. The molecule has 4 heterocycles. The number of thiazole rings is 1. The van der Waals surface area contributed by atoms with Crippen molar-refractivity contribution in [1.82, 2.24) is 24.5 Å². The molecule has 0 spiro atoms. The first-order valence-corrected chi connectivity index (χ1v) is 12.9. The van der Waals surface area contributed by atoms with Crippen LogP contribution in [0.1, 0.15) is 64.6 Å². The molecule has 0 bridgehead atoms. The first kappa shape index (κ1) is 26.5. The van der Waals surface area contributed by atoms with E-state index in [9.17, 15) is 23.1 Å². The first-order valence-electron chi connectivity index (χ1n) is 11.7. The van der Waals surface area contributed by atoms with Crippen LogP contribution in [-0.4, -0.2) is 29.6 Å². The van der Waals surface area contributed by atoms with Gasteiger partial charge in [0.1, 0.15) is 10.6 Å². The molecular weight excluding hydrogens is 539 g/mol. The smallest absolute Gasteiger partial charge is 0.382 e. The average molecular weight is 562 g/mol. The van der Waals surface area contributed by atoms with Gasteiger partial charge in [-0.3, -0.25) is 14.3 Å². The number of aromatic nitrogens is 5. The molecule has 38 heavy (non-hydrogen) atoms. The zero-order chi connectivity index (χ0) is 27.6. The van der Waals surface area contributed by atoms with Crippen molar-refractivity contribution in [2.24, 2.45) is 0 Å². The Balaban J connectivity index is 1.51. The van der Waals surface area contributed by atoms with Gasteiger partial charge in [-0.25, -0.2) is 15.0 Å². The van der Waals surface area contributed by atoms with Gasteiger partial charge in [0.25, 0.3) is 5.56 Å². The number of aliphatic hydroxyl groups is 1. The monoisotopic (exact) mass is 561 g/mol. The van der Waals surface area contributed by atoms with E-state index in [0.717, 1.165) is 5.56 Å². The zero-order valence-corrected chi connectivity index (χ0v) is 22.4. The van der Waals surface area contributed by atoms with Crippen molar-refractivity contribution in [3.05, 3.63) is 84.7 Å². The number of hydrogen-bond acceptors (Lipinski definition) is 7. The topological polar surface area (TPSA) is 93.8 Å². The van der Waals surface area contributed by atoms with E-state index in [2.05, 4.69) is 19.9 Å². The molecule has 0 radical (unpaired) electrons. The fourth-order valence-electron chi connectivity index (χ4n) is 4.44. The van der Waals surface area contributed by atoms with Crippen molar-refractivity contribution in [3.8, 4) is 17.1 Å². The van der Waals surface area contributed by atoms with Crippen molar-refractivity contribution in [2.75, 3.05) is 0 Å². The molecule has 0 aliphatic heterocycles. The number of rotatable bonds is 5. The lowest BCUT2D eigenvalue weighted by molar-refractivity contribution is -0.137. The summed E-state index contributed by atoms with van der Waals surface area (Å²) in [5, 5.41) is 9.44. The van der Waals surface area contributed by atoms with Gasteiger partial charge in [0.15, 0.2) is 10.8 Å². The van der Waals surface area contributed by atoms with Crippen molar-refractivity contribution in [2.45, 2.75) is 57.7 Å². The molecule has 4 aromatic rings. The molecule has 7 nitrogen and oxygen atoms in total. The van der Waals surface area contributed by atoms with Gasteiger partial charge in [0, 0.05) is 35.1 Å². The summed E-state index contributed by atoms with van der Waals surface area (Å²) in [7, 11) is 0. The number of nitrogens with zero attached hydrogens (tertiary/aromatic N) is 5. The number of halogens is 4. The van der Waals surface area contributed by atoms with Gasteiger partial charge in [0.2, 0.25) is 0 Å². The highest BCUT2D eigenvalue weighted by atomic mass is 35.5. The van der Waals surface area contributed by atoms with Crippen LogP contribution in [-0.2, 0) is 11.8 Å². The minimum absolute atomic E-state index is 0.0350. The van der Waals surface area contributed by atoms with Crippen molar-refractivity contribution < 1.29 is 18.3 Å². The van der Waals surface area contributed by atoms with Gasteiger partial charge in [-0.05, 0) is 69.4 Å². The Morgan fingerprint density at radius 3 is 2.47 bits per heavy atom. The Bertz CT molecular complexity index is 1610. The molecule has 198 valence electrons. The van der Waals surface area contributed by atoms with Gasteiger partial charge < -0.3 is 5.11 Å². The summed E-state index contributed by atoms with van der Waals surface area (Å²) in [4.78, 5) is 30.6. The molecular formula is C26H23ClF3N5O2S. The van der Waals surface area contributed by atoms with Gasteiger partial charge in [-0.2, -0.15) is 13.2 Å². The number of alkyl halides is 3. The third-order valence-electron chi connectivity index (χ3n) is 6.46. The Morgan fingerprint density at radius 1 is 1.08 bits per heavy atom. The number of pyridine rings is 2. The molecule has 1 saturated carbocycles. The Hall–Kier alpha value is -3.15. The standard InChI is InChI=1S/C26H23ClF3N5O2S/c1-12-10-32-18(17-5-6-31-23(34-17)25(3,4)37)9-19(12)35-13(2)7-16(21(27)22(35)36)14-8-15(14)20-11-33-24(38-20)26(28,29)30/h5-7,9-11,14-15,37H,8H2,1-4H3/t14-,15-/m1/s1. The van der Waals surface area contributed by atoms with Crippen LogP contribution in [0.15, 0.2) is 41.6 Å². The summed E-state index contributed by atoms with van der Waals surface area (Å²) in [5.41, 5.74) is 1.85. The van der Waals surface area contributed by atoms with Crippen LogP contribution < -0.4 is 5.56 Å². The lowest BCUT2D eigenvalue weighted by atomic mass is 10.1. The van der Waals surface area contributed by atoms with Gasteiger partial charge in [0.05, 0.1) is 17.1 Å². The summed E-state index contributed by atoms with van der Waals surface area (Å²) in [5.74, 6) is -0.0739. The molecule has 0 unspecified atom stereocenters. The van der Waals surface area contributed by atoms with E-state index in [1.165, 1.54) is 17.0 Å².